The fraction of sp³-hybridized carbons (Fsp3) is 0.806. The van der Waals surface area contributed by atoms with Gasteiger partial charge >= 0.3 is 11.9 Å². The van der Waals surface area contributed by atoms with Crippen molar-refractivity contribution in [2.24, 2.45) is 0 Å². The van der Waals surface area contributed by atoms with Crippen LogP contribution in [0.1, 0.15) is 149 Å². The molecule has 0 aromatic carbocycles. The van der Waals surface area contributed by atoms with Crippen molar-refractivity contribution in [3.8, 4) is 12.3 Å². The molecule has 0 fully saturated rings. The molecule has 0 saturated carbocycles. The van der Waals surface area contributed by atoms with Crippen molar-refractivity contribution in [2.75, 3.05) is 0 Å². The van der Waals surface area contributed by atoms with E-state index in [1.807, 2.05) is 0 Å². The lowest BCUT2D eigenvalue weighted by Gasteiger charge is -2.32. The first-order valence-electron chi connectivity index (χ1n) is 17.5. The molecule has 3 unspecified atom stereocenters. The van der Waals surface area contributed by atoms with E-state index in [2.05, 4.69) is 38.8 Å². The van der Waals surface area contributed by atoms with Gasteiger partial charge in [-0.15, -0.1) is 12.3 Å². The van der Waals surface area contributed by atoms with Crippen LogP contribution in [0, 0.1) is 12.3 Å². The minimum atomic E-state index is -1.64. The average Bonchev–Trinajstić information content (AvgIpc) is 3.03. The molecule has 43 heavy (non-hydrogen) atoms. The summed E-state index contributed by atoms with van der Waals surface area (Å²) in [6.07, 6.45) is 27.8. The number of aldehydes is 1. The molecule has 0 N–H and O–H groups in total. The molecule has 0 aliphatic heterocycles. The highest BCUT2D eigenvalue weighted by Crippen LogP contribution is 2.26. The number of unbranched alkanes of at least 4 members (excludes halogenated alkanes) is 5. The van der Waals surface area contributed by atoms with E-state index >= 15 is 0 Å². The lowest BCUT2D eigenvalue weighted by Crippen LogP contribution is -2.39. The highest BCUT2D eigenvalue weighted by molar-refractivity contribution is 6.73. The van der Waals surface area contributed by atoms with Crippen LogP contribution in [0.15, 0.2) is 12.2 Å². The summed E-state index contributed by atoms with van der Waals surface area (Å²) in [6, 6.07) is 3.52. The van der Waals surface area contributed by atoms with E-state index in [4.69, 9.17) is 20.3 Å². The molecule has 1 aliphatic carbocycles. The van der Waals surface area contributed by atoms with E-state index in [0.717, 1.165) is 103 Å². The van der Waals surface area contributed by atoms with Gasteiger partial charge in [-0.1, -0.05) is 65.0 Å². The first kappa shape index (κ1) is 39.1. The summed E-state index contributed by atoms with van der Waals surface area (Å²) in [7, 11) is -1.64. The Morgan fingerprint density at radius 3 is 2.23 bits per heavy atom. The zero-order valence-corrected chi connectivity index (χ0v) is 28.8. The van der Waals surface area contributed by atoms with Crippen LogP contribution in [0.25, 0.3) is 0 Å². The molecule has 0 heterocycles. The van der Waals surface area contributed by atoms with Crippen molar-refractivity contribution in [1.82, 2.24) is 0 Å². The van der Waals surface area contributed by atoms with Crippen molar-refractivity contribution in [3.05, 3.63) is 12.2 Å². The van der Waals surface area contributed by atoms with Crippen molar-refractivity contribution in [3.63, 3.8) is 0 Å². The van der Waals surface area contributed by atoms with Gasteiger partial charge in [0.25, 0.3) is 0 Å². The van der Waals surface area contributed by atoms with Crippen LogP contribution < -0.4 is 0 Å². The second-order valence-corrected chi connectivity index (χ2v) is 17.0. The van der Waals surface area contributed by atoms with Gasteiger partial charge in [0.1, 0.15) is 18.5 Å². The van der Waals surface area contributed by atoms with E-state index in [1.165, 1.54) is 18.1 Å². The summed E-state index contributed by atoms with van der Waals surface area (Å²) in [5.74, 6) is 1.97. The lowest BCUT2D eigenvalue weighted by molar-refractivity contribution is -0.156. The van der Waals surface area contributed by atoms with Gasteiger partial charge in [-0.05, 0) is 88.8 Å². The SMILES string of the molecule is C#CCCC(CCCCCCCC=O)OC(=O)CCC(=O)OC1CCCCC=CC(O[Si](CC)(CC)CC)CCCCC1. The summed E-state index contributed by atoms with van der Waals surface area (Å²) in [4.78, 5) is 35.7. The predicted molar refractivity (Wildman–Crippen MR) is 178 cm³/mol. The van der Waals surface area contributed by atoms with Crippen LogP contribution in [-0.4, -0.2) is 44.9 Å². The van der Waals surface area contributed by atoms with Crippen LogP contribution in [-0.2, 0) is 28.3 Å². The number of hydrogen-bond acceptors (Lipinski definition) is 6. The molecular weight excluding hydrogens is 556 g/mol. The number of hydrogen-bond donors (Lipinski definition) is 0. The Morgan fingerprint density at radius 2 is 1.53 bits per heavy atom. The standard InChI is InChI=1S/C36H62O6Si/c1-5-9-23-32(24-17-12-10-11-15-22-31-37)40-35(38)29-30-36(39)41-33-25-18-13-14-19-27-34(28-21-16-20-26-33)42-43(6-2,7-3)8-4/h1,19,27,31-34H,6-18,20-26,28-30H2,2-4H3. The molecule has 0 spiro atoms. The summed E-state index contributed by atoms with van der Waals surface area (Å²) >= 11 is 0. The first-order chi connectivity index (χ1) is 20.9. The largest absolute Gasteiger partial charge is 0.462 e. The summed E-state index contributed by atoms with van der Waals surface area (Å²) in [6.45, 7) is 6.86. The normalized spacial score (nSPS) is 19.2. The Morgan fingerprint density at radius 1 is 0.884 bits per heavy atom. The number of esters is 2. The molecule has 6 nitrogen and oxygen atoms in total. The van der Waals surface area contributed by atoms with Gasteiger partial charge in [0, 0.05) is 12.8 Å². The van der Waals surface area contributed by atoms with Crippen molar-refractivity contribution in [2.45, 2.75) is 186 Å². The second kappa shape index (κ2) is 25.4. The Hall–Kier alpha value is -1.91. The van der Waals surface area contributed by atoms with Gasteiger partial charge < -0.3 is 18.7 Å². The fourth-order valence-corrected chi connectivity index (χ4v) is 8.72. The van der Waals surface area contributed by atoms with Gasteiger partial charge in [-0.2, -0.15) is 0 Å². The molecule has 1 rings (SSSR count). The molecule has 0 radical (unpaired) electrons. The highest BCUT2D eigenvalue weighted by Gasteiger charge is 2.31. The smallest absolute Gasteiger partial charge is 0.306 e. The quantitative estimate of drug-likeness (QED) is 0.0338. The van der Waals surface area contributed by atoms with Gasteiger partial charge in [-0.25, -0.2) is 0 Å². The van der Waals surface area contributed by atoms with Gasteiger partial charge in [0.05, 0.1) is 18.9 Å². The Labute approximate surface area is 264 Å². The maximum absolute atomic E-state index is 12.7. The monoisotopic (exact) mass is 618 g/mol. The van der Waals surface area contributed by atoms with E-state index < -0.39 is 8.32 Å². The van der Waals surface area contributed by atoms with Crippen LogP contribution in [0.3, 0.4) is 0 Å². The third-order valence-corrected chi connectivity index (χ3v) is 13.6. The van der Waals surface area contributed by atoms with Crippen LogP contribution in [0.2, 0.25) is 18.1 Å². The van der Waals surface area contributed by atoms with E-state index in [-0.39, 0.29) is 43.1 Å². The number of terminal acetylenes is 1. The minimum Gasteiger partial charge on any atom is -0.462 e. The number of rotatable bonds is 20. The summed E-state index contributed by atoms with van der Waals surface area (Å²) in [5, 5.41) is 0. The van der Waals surface area contributed by atoms with E-state index in [0.29, 0.717) is 19.3 Å². The molecule has 0 bridgehead atoms. The van der Waals surface area contributed by atoms with Crippen molar-refractivity contribution in [1.29, 1.82) is 0 Å². The second-order valence-electron chi connectivity index (χ2n) is 12.2. The Kier molecular flexibility index (Phi) is 23.1. The van der Waals surface area contributed by atoms with Crippen LogP contribution >= 0.6 is 0 Å². The third-order valence-electron chi connectivity index (χ3n) is 8.93. The third kappa shape index (κ3) is 19.2. The maximum atomic E-state index is 12.7. The lowest BCUT2D eigenvalue weighted by atomic mass is 10.0. The van der Waals surface area contributed by atoms with Gasteiger partial charge in [0.2, 0.25) is 0 Å². The Balaban J connectivity index is 2.46. The van der Waals surface area contributed by atoms with E-state index in [9.17, 15) is 14.4 Å². The van der Waals surface area contributed by atoms with E-state index in [1.54, 1.807) is 0 Å². The van der Waals surface area contributed by atoms with Crippen LogP contribution in [0.5, 0.6) is 0 Å². The average molecular weight is 619 g/mol. The molecule has 1 aliphatic rings. The minimum absolute atomic E-state index is 0.0358. The Bertz CT molecular complexity index is 807. The molecule has 7 heteroatoms. The number of carbonyl (C=O) groups excluding carboxylic acids is 3. The molecule has 3 atom stereocenters. The fourth-order valence-electron chi connectivity index (χ4n) is 5.88. The molecular formula is C36H62O6Si. The van der Waals surface area contributed by atoms with Gasteiger partial charge in [0.15, 0.2) is 8.32 Å². The molecule has 0 aromatic heterocycles. The number of carbonyl (C=O) groups is 3. The van der Waals surface area contributed by atoms with Crippen molar-refractivity contribution >= 4 is 26.5 Å². The number of ether oxygens (including phenoxy) is 2. The predicted octanol–water partition coefficient (Wildman–Crippen LogP) is 9.40. The topological polar surface area (TPSA) is 78.9 Å². The molecule has 0 saturated heterocycles. The first-order valence-corrected chi connectivity index (χ1v) is 20.0. The van der Waals surface area contributed by atoms with Gasteiger partial charge in [-0.3, -0.25) is 9.59 Å². The van der Waals surface area contributed by atoms with Crippen LogP contribution in [0.4, 0.5) is 0 Å². The maximum Gasteiger partial charge on any atom is 0.306 e. The van der Waals surface area contributed by atoms with Crippen molar-refractivity contribution < 1.29 is 28.3 Å². The molecule has 246 valence electrons. The summed E-state index contributed by atoms with van der Waals surface area (Å²) < 4.78 is 18.4. The zero-order valence-electron chi connectivity index (χ0n) is 27.8. The zero-order chi connectivity index (χ0) is 31.6. The highest BCUT2D eigenvalue weighted by atomic mass is 28.4. The summed E-state index contributed by atoms with van der Waals surface area (Å²) in [5.41, 5.74) is 0. The number of allylic oxidation sites excluding steroid dienone is 1. The molecule has 0 amide bonds. The molecule has 0 aromatic rings.